The molecule has 1 heterocycles. The van der Waals surface area contributed by atoms with Gasteiger partial charge in [0.05, 0.1) is 17.4 Å². The van der Waals surface area contributed by atoms with E-state index >= 15 is 0 Å². The molecule has 8 rings (SSSR count). The highest BCUT2D eigenvalue weighted by atomic mass is 35.5. The number of anilines is 1. The van der Waals surface area contributed by atoms with Gasteiger partial charge >= 0.3 is 5.97 Å². The van der Waals surface area contributed by atoms with Crippen LogP contribution < -0.4 is 5.32 Å². The highest BCUT2D eigenvalue weighted by Gasteiger charge is 2.73. The Morgan fingerprint density at radius 3 is 1.60 bits per heavy atom. The van der Waals surface area contributed by atoms with Crippen LogP contribution in [0.15, 0.2) is 103 Å². The molecule has 1 saturated heterocycles. The van der Waals surface area contributed by atoms with Crippen molar-refractivity contribution in [2.45, 2.75) is 22.2 Å². The number of likely N-dealkylation sites (tertiary alicyclic amines) is 1. The van der Waals surface area contributed by atoms with E-state index in [1.807, 2.05) is 78.9 Å². The smallest absolute Gasteiger partial charge is 0.335 e. The SMILES string of the molecule is O=C(O)c1ccc(NC(=O)[C@H](Cc2ccccc2)N2C(=O)[C@@H]3[C@@H](C2=O)C2(Cl)c4ccccc4C3(Cl)c3ccccc32)cc1. The number of amides is 3. The first-order valence-electron chi connectivity index (χ1n) is 13.8. The van der Waals surface area contributed by atoms with Crippen LogP contribution in [0.1, 0.15) is 38.2 Å². The Kier molecular flexibility index (Phi) is 6.24. The summed E-state index contributed by atoms with van der Waals surface area (Å²) >= 11 is 15.1. The molecule has 3 atom stereocenters. The maximum Gasteiger partial charge on any atom is 0.335 e. The molecule has 43 heavy (non-hydrogen) atoms. The molecule has 214 valence electrons. The van der Waals surface area contributed by atoms with Gasteiger partial charge < -0.3 is 10.4 Å². The van der Waals surface area contributed by atoms with Crippen molar-refractivity contribution in [1.82, 2.24) is 4.90 Å². The van der Waals surface area contributed by atoms with Gasteiger partial charge in [-0.2, -0.15) is 0 Å². The molecule has 4 aromatic rings. The van der Waals surface area contributed by atoms with Gasteiger partial charge in [-0.05, 0) is 52.1 Å². The predicted molar refractivity (Wildman–Crippen MR) is 161 cm³/mol. The van der Waals surface area contributed by atoms with Gasteiger partial charge in [-0.1, -0.05) is 78.9 Å². The molecule has 7 nitrogen and oxygen atoms in total. The maximum atomic E-state index is 14.5. The molecule has 0 aromatic heterocycles. The third-order valence-electron chi connectivity index (χ3n) is 8.91. The van der Waals surface area contributed by atoms with Crippen LogP contribution in [0.5, 0.6) is 0 Å². The summed E-state index contributed by atoms with van der Waals surface area (Å²) in [6.45, 7) is 0. The van der Waals surface area contributed by atoms with Gasteiger partial charge in [0.25, 0.3) is 0 Å². The lowest BCUT2D eigenvalue weighted by atomic mass is 9.54. The van der Waals surface area contributed by atoms with Crippen LogP contribution in [-0.2, 0) is 30.6 Å². The highest BCUT2D eigenvalue weighted by Crippen LogP contribution is 2.69. The third-order valence-corrected chi connectivity index (χ3v) is 10.2. The Balaban J connectivity index is 1.33. The summed E-state index contributed by atoms with van der Waals surface area (Å²) in [7, 11) is 0. The van der Waals surface area contributed by atoms with E-state index in [1.165, 1.54) is 24.3 Å². The van der Waals surface area contributed by atoms with Crippen molar-refractivity contribution in [1.29, 1.82) is 0 Å². The predicted octanol–water partition coefficient (Wildman–Crippen LogP) is 5.53. The van der Waals surface area contributed by atoms with Crippen molar-refractivity contribution >= 4 is 52.6 Å². The van der Waals surface area contributed by atoms with Gasteiger partial charge in [-0.3, -0.25) is 19.3 Å². The average molecular weight is 611 g/mol. The molecule has 0 spiro atoms. The number of carboxylic acid groups (broad SMARTS) is 1. The standard InChI is InChI=1S/C34H24Cl2N2O5/c35-33-22-10-4-5-11-23(22)34(36,25-13-7-6-12-24(25)33)28-27(33)30(40)38(31(28)41)26(18-19-8-2-1-3-9-19)29(39)37-21-16-14-20(15-17-21)32(42)43/h1-17,26-28H,18H2,(H,37,39)(H,42,43)/t26-,27-,28-,33?,34?/m0/s1. The van der Waals surface area contributed by atoms with Crippen LogP contribution in [0.4, 0.5) is 5.69 Å². The lowest BCUT2D eigenvalue weighted by Gasteiger charge is -2.54. The fourth-order valence-electron chi connectivity index (χ4n) is 7.06. The first-order valence-corrected chi connectivity index (χ1v) is 14.6. The zero-order valence-electron chi connectivity index (χ0n) is 22.5. The minimum atomic E-state index is -1.36. The molecule has 3 amide bonds. The summed E-state index contributed by atoms with van der Waals surface area (Å²) in [5.74, 6) is -4.89. The van der Waals surface area contributed by atoms with Crippen molar-refractivity contribution in [2.75, 3.05) is 5.32 Å². The zero-order chi connectivity index (χ0) is 30.1. The van der Waals surface area contributed by atoms with Crippen LogP contribution >= 0.6 is 23.2 Å². The van der Waals surface area contributed by atoms with Crippen molar-refractivity contribution < 1.29 is 24.3 Å². The van der Waals surface area contributed by atoms with Crippen LogP contribution in [0.25, 0.3) is 0 Å². The molecular formula is C34H24Cl2N2O5. The molecule has 3 aliphatic carbocycles. The molecule has 4 aromatic carbocycles. The summed E-state index contributed by atoms with van der Waals surface area (Å²) in [6, 6.07) is 28.3. The van der Waals surface area contributed by atoms with Crippen molar-refractivity contribution in [3.05, 3.63) is 137 Å². The summed E-state index contributed by atoms with van der Waals surface area (Å²) < 4.78 is 0. The number of carbonyl (C=O) groups excluding carboxylic acids is 3. The fourth-order valence-corrected chi connectivity index (χ4v) is 8.15. The number of halogens is 2. The molecular weight excluding hydrogens is 587 g/mol. The summed E-state index contributed by atoms with van der Waals surface area (Å²) in [6.07, 6.45) is 0.0568. The molecule has 1 fully saturated rings. The van der Waals surface area contributed by atoms with Crippen molar-refractivity contribution in [3.63, 3.8) is 0 Å². The number of hydrogen-bond donors (Lipinski definition) is 2. The van der Waals surface area contributed by atoms with Gasteiger partial charge in [0.2, 0.25) is 17.7 Å². The van der Waals surface area contributed by atoms with E-state index in [0.29, 0.717) is 27.9 Å². The molecule has 2 bridgehead atoms. The van der Waals surface area contributed by atoms with Crippen LogP contribution in [0.2, 0.25) is 0 Å². The Bertz CT molecular complexity index is 1700. The Morgan fingerprint density at radius 2 is 1.16 bits per heavy atom. The first kappa shape index (κ1) is 27.4. The lowest BCUT2D eigenvalue weighted by Crippen LogP contribution is -2.57. The quantitative estimate of drug-likeness (QED) is 0.221. The molecule has 9 heteroatoms. The molecule has 0 saturated carbocycles. The number of carboxylic acids is 1. The van der Waals surface area contributed by atoms with E-state index in [1.54, 1.807) is 0 Å². The number of nitrogens with zero attached hydrogens (tertiary/aromatic N) is 1. The lowest BCUT2D eigenvalue weighted by molar-refractivity contribution is -0.146. The summed E-state index contributed by atoms with van der Waals surface area (Å²) in [5.41, 5.74) is 3.84. The van der Waals surface area contributed by atoms with E-state index in [2.05, 4.69) is 5.32 Å². The second-order valence-electron chi connectivity index (χ2n) is 11.1. The number of benzene rings is 4. The van der Waals surface area contributed by atoms with Gasteiger partial charge in [0.1, 0.15) is 15.8 Å². The molecule has 0 radical (unpaired) electrons. The normalized spacial score (nSPS) is 25.5. The van der Waals surface area contributed by atoms with Crippen molar-refractivity contribution in [2.24, 2.45) is 11.8 Å². The molecule has 4 aliphatic rings. The number of carbonyl (C=O) groups is 4. The Labute approximate surface area is 257 Å². The number of aromatic carboxylic acids is 1. The largest absolute Gasteiger partial charge is 0.478 e. The first-order chi connectivity index (χ1) is 20.7. The third kappa shape index (κ3) is 3.81. The average Bonchev–Trinajstić information content (AvgIpc) is 3.30. The van der Waals surface area contributed by atoms with Crippen LogP contribution in [0, 0.1) is 11.8 Å². The Hall–Kier alpha value is -4.46. The number of alkyl halides is 2. The van der Waals surface area contributed by atoms with Gasteiger partial charge in [-0.15, -0.1) is 23.2 Å². The van der Waals surface area contributed by atoms with E-state index in [4.69, 9.17) is 23.2 Å². The number of imide groups is 1. The molecule has 0 unspecified atom stereocenters. The Morgan fingerprint density at radius 1 is 0.721 bits per heavy atom. The number of rotatable bonds is 6. The zero-order valence-corrected chi connectivity index (χ0v) is 24.0. The second-order valence-corrected chi connectivity index (χ2v) is 12.3. The minimum absolute atomic E-state index is 0.0568. The molecule has 2 N–H and O–H groups in total. The summed E-state index contributed by atoms with van der Waals surface area (Å²) in [4.78, 5) is 52.6. The maximum absolute atomic E-state index is 14.5. The van der Waals surface area contributed by atoms with Gasteiger partial charge in [-0.25, -0.2) is 4.79 Å². The molecule has 1 aliphatic heterocycles. The van der Waals surface area contributed by atoms with Crippen LogP contribution in [-0.4, -0.2) is 39.7 Å². The van der Waals surface area contributed by atoms with E-state index in [9.17, 15) is 24.3 Å². The number of hydrogen-bond acceptors (Lipinski definition) is 4. The van der Waals surface area contributed by atoms with Gasteiger partial charge in [0.15, 0.2) is 0 Å². The fraction of sp³-hybridized carbons (Fsp3) is 0.176. The second kappa shape index (κ2) is 9.79. The number of nitrogens with one attached hydrogen (secondary N) is 1. The van der Waals surface area contributed by atoms with E-state index in [0.717, 1.165) is 10.5 Å². The topological polar surface area (TPSA) is 104 Å². The summed E-state index contributed by atoms with van der Waals surface area (Å²) in [5, 5.41) is 12.0. The van der Waals surface area contributed by atoms with Gasteiger partial charge in [0, 0.05) is 12.1 Å². The highest BCUT2D eigenvalue weighted by molar-refractivity contribution is 6.36. The van der Waals surface area contributed by atoms with E-state index in [-0.39, 0.29) is 12.0 Å². The monoisotopic (exact) mass is 610 g/mol. The van der Waals surface area contributed by atoms with Crippen molar-refractivity contribution in [3.8, 4) is 0 Å². The van der Waals surface area contributed by atoms with E-state index < -0.39 is 51.3 Å². The van der Waals surface area contributed by atoms with Crippen LogP contribution in [0.3, 0.4) is 0 Å². The minimum Gasteiger partial charge on any atom is -0.478 e.